The smallest absolute Gasteiger partial charge is 0.310 e. The standard InChI is InChI=1S/C29H46N2O5S/c1-8-10-11-12-14-36-28(35)23-22-16-20(7)29(37-22)24(23)26(33)31(21(17-32)15-18(3)4)25(29)27(34)30(13-9-2)19(5)6/h8-9,18-25,32H,1-2,10-17H2,3-7H3/t20?,21-,22+,23-,24+,25?,29?/m1/s1. The molecule has 0 aromatic heterocycles. The number of ether oxygens (including phenoxy) is 1. The van der Waals surface area contributed by atoms with E-state index in [1.54, 1.807) is 27.6 Å². The number of nitrogens with zero attached hydrogens (tertiary/aromatic N) is 2. The average Bonchev–Trinajstić information content (AvgIpc) is 3.43. The molecule has 3 fully saturated rings. The number of hydrogen-bond acceptors (Lipinski definition) is 6. The summed E-state index contributed by atoms with van der Waals surface area (Å²) in [5.74, 6) is -1.53. The van der Waals surface area contributed by atoms with Crippen molar-refractivity contribution in [1.29, 1.82) is 0 Å². The van der Waals surface area contributed by atoms with Crippen LogP contribution in [0.5, 0.6) is 0 Å². The van der Waals surface area contributed by atoms with Crippen molar-refractivity contribution in [3.63, 3.8) is 0 Å². The normalized spacial score (nSPS) is 31.1. The Balaban J connectivity index is 2.02. The summed E-state index contributed by atoms with van der Waals surface area (Å²) in [7, 11) is 0. The maximum absolute atomic E-state index is 14.3. The van der Waals surface area contributed by atoms with Crippen molar-refractivity contribution >= 4 is 29.5 Å². The van der Waals surface area contributed by atoms with Crippen LogP contribution in [0.1, 0.15) is 66.7 Å². The molecule has 0 aliphatic carbocycles. The Bertz CT molecular complexity index is 876. The van der Waals surface area contributed by atoms with E-state index in [4.69, 9.17) is 4.74 Å². The summed E-state index contributed by atoms with van der Waals surface area (Å²) in [5.41, 5.74) is 0. The number of carbonyl (C=O) groups is 3. The molecule has 3 aliphatic heterocycles. The number of rotatable bonds is 14. The lowest BCUT2D eigenvalue weighted by Crippen LogP contribution is -2.60. The van der Waals surface area contributed by atoms with Gasteiger partial charge >= 0.3 is 5.97 Å². The number of aliphatic hydroxyl groups is 1. The Kier molecular flexibility index (Phi) is 9.95. The van der Waals surface area contributed by atoms with Gasteiger partial charge in [0.05, 0.1) is 35.8 Å². The highest BCUT2D eigenvalue weighted by Crippen LogP contribution is 2.69. The van der Waals surface area contributed by atoms with E-state index in [2.05, 4.69) is 20.1 Å². The van der Waals surface area contributed by atoms with Gasteiger partial charge in [0.2, 0.25) is 11.8 Å². The van der Waals surface area contributed by atoms with E-state index in [9.17, 15) is 19.5 Å². The van der Waals surface area contributed by atoms with Crippen LogP contribution in [0.15, 0.2) is 25.3 Å². The summed E-state index contributed by atoms with van der Waals surface area (Å²) in [6.45, 7) is 18.2. The number of amides is 2. The maximum Gasteiger partial charge on any atom is 0.310 e. The highest BCUT2D eigenvalue weighted by atomic mass is 32.2. The minimum Gasteiger partial charge on any atom is -0.465 e. The number of likely N-dealkylation sites (tertiary alicyclic amines) is 1. The van der Waals surface area contributed by atoms with Crippen LogP contribution in [0.4, 0.5) is 0 Å². The van der Waals surface area contributed by atoms with E-state index < -0.39 is 28.7 Å². The number of thioether (sulfide) groups is 1. The molecular formula is C29H46N2O5S. The van der Waals surface area contributed by atoms with Crippen LogP contribution in [0.2, 0.25) is 0 Å². The quantitative estimate of drug-likeness (QED) is 0.206. The van der Waals surface area contributed by atoms with Gasteiger partial charge in [-0.2, -0.15) is 0 Å². The zero-order valence-electron chi connectivity index (χ0n) is 23.2. The molecular weight excluding hydrogens is 488 g/mol. The van der Waals surface area contributed by atoms with E-state index >= 15 is 0 Å². The van der Waals surface area contributed by atoms with Crippen molar-refractivity contribution in [2.75, 3.05) is 19.8 Å². The predicted molar refractivity (Wildman–Crippen MR) is 148 cm³/mol. The zero-order chi connectivity index (χ0) is 27.5. The Morgan fingerprint density at radius 2 is 1.95 bits per heavy atom. The molecule has 1 spiro atoms. The number of unbranched alkanes of at least 4 members (excludes halogenated alkanes) is 2. The van der Waals surface area contributed by atoms with Crippen molar-refractivity contribution in [2.24, 2.45) is 23.7 Å². The lowest BCUT2D eigenvalue weighted by atomic mass is 9.66. The fourth-order valence-corrected chi connectivity index (χ4v) is 9.12. The molecule has 2 bridgehead atoms. The minimum atomic E-state index is -0.737. The van der Waals surface area contributed by atoms with E-state index in [0.717, 1.165) is 25.7 Å². The molecule has 37 heavy (non-hydrogen) atoms. The molecule has 0 aromatic rings. The third-order valence-corrected chi connectivity index (χ3v) is 10.4. The molecule has 8 heteroatoms. The van der Waals surface area contributed by atoms with Gasteiger partial charge in [-0.3, -0.25) is 14.4 Å². The second-order valence-corrected chi connectivity index (χ2v) is 13.1. The summed E-state index contributed by atoms with van der Waals surface area (Å²) >= 11 is 1.65. The maximum atomic E-state index is 14.3. The Morgan fingerprint density at radius 3 is 2.51 bits per heavy atom. The van der Waals surface area contributed by atoms with E-state index in [0.29, 0.717) is 19.6 Å². The van der Waals surface area contributed by atoms with Crippen LogP contribution in [-0.4, -0.2) is 80.6 Å². The largest absolute Gasteiger partial charge is 0.465 e. The third kappa shape index (κ3) is 5.38. The SMILES string of the molecule is C=CCCCCOC(=O)[C@@H]1[C@@H]2CC(C)C3(S2)C(C(=O)N(CC=C)C(C)C)N([C@@H](CO)CC(C)C)C(=O)[C@H]13. The number of carbonyl (C=O) groups excluding carboxylic acids is 3. The first-order valence-electron chi connectivity index (χ1n) is 13.9. The van der Waals surface area contributed by atoms with Gasteiger partial charge < -0.3 is 19.6 Å². The molecule has 7 atom stereocenters. The first-order chi connectivity index (χ1) is 17.6. The second-order valence-electron chi connectivity index (χ2n) is 11.6. The molecule has 0 radical (unpaired) electrons. The van der Waals surface area contributed by atoms with Gasteiger partial charge in [-0.15, -0.1) is 24.9 Å². The lowest BCUT2D eigenvalue weighted by molar-refractivity contribution is -0.155. The number of allylic oxidation sites excluding steroid dienone is 1. The average molecular weight is 535 g/mol. The Labute approximate surface area is 227 Å². The fourth-order valence-electron chi connectivity index (χ4n) is 6.73. The Hall–Kier alpha value is -1.80. The van der Waals surface area contributed by atoms with Crippen molar-refractivity contribution in [3.8, 4) is 0 Å². The van der Waals surface area contributed by atoms with E-state index in [-0.39, 0.29) is 47.5 Å². The first kappa shape index (κ1) is 29.8. The highest BCUT2D eigenvalue weighted by molar-refractivity contribution is 8.02. The van der Waals surface area contributed by atoms with Crippen molar-refractivity contribution in [2.45, 2.75) is 94.8 Å². The molecule has 2 amide bonds. The van der Waals surface area contributed by atoms with Crippen molar-refractivity contribution in [3.05, 3.63) is 25.3 Å². The minimum absolute atomic E-state index is 0.0494. The Morgan fingerprint density at radius 1 is 1.24 bits per heavy atom. The van der Waals surface area contributed by atoms with Gasteiger partial charge in [-0.25, -0.2) is 0 Å². The van der Waals surface area contributed by atoms with E-state index in [1.807, 2.05) is 33.8 Å². The van der Waals surface area contributed by atoms with Crippen LogP contribution < -0.4 is 0 Å². The van der Waals surface area contributed by atoms with Gasteiger partial charge in [0.15, 0.2) is 0 Å². The van der Waals surface area contributed by atoms with Crippen LogP contribution >= 0.6 is 11.8 Å². The van der Waals surface area contributed by atoms with E-state index in [1.165, 1.54) is 0 Å². The molecule has 3 heterocycles. The summed E-state index contributed by atoms with van der Waals surface area (Å²) in [5, 5.41) is 10.4. The number of esters is 1. The van der Waals surface area contributed by atoms with Crippen LogP contribution in [-0.2, 0) is 19.1 Å². The van der Waals surface area contributed by atoms with Gasteiger partial charge in [0.1, 0.15) is 6.04 Å². The molecule has 3 unspecified atom stereocenters. The fraction of sp³-hybridized carbons (Fsp3) is 0.759. The molecule has 208 valence electrons. The second kappa shape index (κ2) is 12.4. The van der Waals surface area contributed by atoms with Gasteiger partial charge in [0, 0.05) is 17.8 Å². The van der Waals surface area contributed by atoms with Gasteiger partial charge in [0.25, 0.3) is 0 Å². The van der Waals surface area contributed by atoms with Gasteiger partial charge in [-0.05, 0) is 57.8 Å². The summed E-state index contributed by atoms with van der Waals surface area (Å²) < 4.78 is 4.99. The summed E-state index contributed by atoms with van der Waals surface area (Å²) in [6, 6.07) is -1.30. The summed E-state index contributed by atoms with van der Waals surface area (Å²) in [4.78, 5) is 45.5. The molecule has 3 rings (SSSR count). The lowest BCUT2D eigenvalue weighted by Gasteiger charge is -2.43. The van der Waals surface area contributed by atoms with Crippen LogP contribution in [0, 0.1) is 23.7 Å². The number of aliphatic hydroxyl groups excluding tert-OH is 1. The molecule has 3 saturated heterocycles. The molecule has 0 aromatic carbocycles. The van der Waals surface area contributed by atoms with Crippen molar-refractivity contribution < 1.29 is 24.2 Å². The monoisotopic (exact) mass is 534 g/mol. The molecule has 0 saturated carbocycles. The predicted octanol–water partition coefficient (Wildman–Crippen LogP) is 4.05. The van der Waals surface area contributed by atoms with Crippen LogP contribution in [0.25, 0.3) is 0 Å². The zero-order valence-corrected chi connectivity index (χ0v) is 24.0. The summed E-state index contributed by atoms with van der Waals surface area (Å²) in [6.07, 6.45) is 7.43. The van der Waals surface area contributed by atoms with Gasteiger partial charge in [-0.1, -0.05) is 32.9 Å². The molecule has 3 aliphatic rings. The topological polar surface area (TPSA) is 87.2 Å². The number of hydrogen-bond donors (Lipinski definition) is 1. The third-order valence-electron chi connectivity index (χ3n) is 8.32. The highest BCUT2D eigenvalue weighted by Gasteiger charge is 2.77. The molecule has 7 nitrogen and oxygen atoms in total. The number of fused-ring (bicyclic) bond motifs is 1. The van der Waals surface area contributed by atoms with Crippen molar-refractivity contribution in [1.82, 2.24) is 9.80 Å². The first-order valence-corrected chi connectivity index (χ1v) is 14.7. The van der Waals surface area contributed by atoms with Crippen LogP contribution in [0.3, 0.4) is 0 Å². The molecule has 1 N–H and O–H groups in total.